The minimum Gasteiger partial charge on any atom is -0.289 e. The van der Waals surface area contributed by atoms with E-state index in [1.165, 1.54) is 36.0 Å². The number of carbonyl (C=O) groups is 1. The second kappa shape index (κ2) is 9.51. The lowest BCUT2D eigenvalue weighted by Gasteiger charge is -2.41. The first kappa shape index (κ1) is 24.7. The van der Waals surface area contributed by atoms with Crippen molar-refractivity contribution in [1.29, 1.82) is 0 Å². The van der Waals surface area contributed by atoms with Crippen LogP contribution in [0.3, 0.4) is 0 Å². The summed E-state index contributed by atoms with van der Waals surface area (Å²) in [5.41, 5.74) is 3.11. The molecule has 1 aromatic rings. The molecule has 14 heteroatoms. The molecular formula is C18H26FN5O6S2. The number of hydroxylamine groups is 1. The van der Waals surface area contributed by atoms with Crippen molar-refractivity contribution in [1.82, 2.24) is 22.7 Å². The second-order valence-corrected chi connectivity index (χ2v) is 11.6. The van der Waals surface area contributed by atoms with Crippen molar-refractivity contribution in [3.63, 3.8) is 0 Å². The van der Waals surface area contributed by atoms with Gasteiger partial charge in [0.1, 0.15) is 11.9 Å². The normalized spacial score (nSPS) is 22.0. The predicted octanol–water partition coefficient (Wildman–Crippen LogP) is -0.542. The maximum Gasteiger partial charge on any atom is 0.283 e. The third-order valence-electron chi connectivity index (χ3n) is 5.50. The molecule has 0 radical (unpaired) electrons. The average Bonchev–Trinajstić information content (AvgIpc) is 2.78. The maximum absolute atomic E-state index is 13.3. The van der Waals surface area contributed by atoms with E-state index >= 15 is 0 Å². The molecule has 32 heavy (non-hydrogen) atoms. The summed E-state index contributed by atoms with van der Waals surface area (Å²) in [7, 11) is -5.35. The third kappa shape index (κ3) is 4.85. The van der Waals surface area contributed by atoms with E-state index in [4.69, 9.17) is 5.21 Å². The zero-order valence-electron chi connectivity index (χ0n) is 17.7. The Bertz CT molecular complexity index is 1090. The number of hydrogen-bond donors (Lipinski definition) is 2. The fourth-order valence-corrected chi connectivity index (χ4v) is 6.46. The Kier molecular flexibility index (Phi) is 7.34. The molecular weight excluding hydrogens is 465 g/mol. The predicted molar refractivity (Wildman–Crippen MR) is 114 cm³/mol. The maximum atomic E-state index is 13.3. The first-order valence-electron chi connectivity index (χ1n) is 9.82. The molecule has 1 aromatic carbocycles. The average molecular weight is 492 g/mol. The molecule has 0 saturated carbocycles. The van der Waals surface area contributed by atoms with Gasteiger partial charge in [-0.3, -0.25) is 10.0 Å². The van der Waals surface area contributed by atoms with Gasteiger partial charge in [0.05, 0.1) is 0 Å². The Hall–Kier alpha value is -1.94. The highest BCUT2D eigenvalue weighted by molar-refractivity contribution is 7.87. The zero-order valence-corrected chi connectivity index (χ0v) is 19.3. The number of nitrogens with zero attached hydrogens (tertiary/aromatic N) is 4. The van der Waals surface area contributed by atoms with Crippen molar-refractivity contribution in [3.8, 4) is 0 Å². The standard InChI is InChI=1S/C18H26FN5O6S2/c1-21(2)31(27,28)23-11-12-24(17(13-23)18(25)20-26)32(29,30)22-9-7-15(8-10-22)14-3-5-16(19)6-4-14/h3-7,17,26H,8-13H2,1-2H3,(H,20,25)/t17-/m1/s1. The van der Waals surface area contributed by atoms with Gasteiger partial charge in [-0.2, -0.15) is 34.1 Å². The molecule has 3 rings (SSSR count). The number of piperazine rings is 1. The van der Waals surface area contributed by atoms with Crippen LogP contribution in [-0.4, -0.2) is 98.0 Å². The summed E-state index contributed by atoms with van der Waals surface area (Å²) in [5, 5.41) is 9.11. The molecule has 1 amide bonds. The highest BCUT2D eigenvalue weighted by Crippen LogP contribution is 2.27. The molecule has 2 aliphatic rings. The van der Waals surface area contributed by atoms with Crippen LogP contribution in [0.15, 0.2) is 30.3 Å². The number of halogens is 1. The van der Waals surface area contributed by atoms with Gasteiger partial charge in [-0.05, 0) is 29.7 Å². The molecule has 11 nitrogen and oxygen atoms in total. The van der Waals surface area contributed by atoms with Crippen LogP contribution in [0.5, 0.6) is 0 Å². The monoisotopic (exact) mass is 491 g/mol. The summed E-state index contributed by atoms with van der Waals surface area (Å²) < 4.78 is 68.7. The van der Waals surface area contributed by atoms with Crippen LogP contribution >= 0.6 is 0 Å². The van der Waals surface area contributed by atoms with Crippen molar-refractivity contribution in [3.05, 3.63) is 41.7 Å². The second-order valence-electron chi connectivity index (χ2n) is 7.60. The van der Waals surface area contributed by atoms with Gasteiger partial charge in [0.2, 0.25) is 0 Å². The van der Waals surface area contributed by atoms with Crippen molar-refractivity contribution in [2.45, 2.75) is 12.5 Å². The molecule has 0 unspecified atom stereocenters. The fraction of sp³-hybridized carbons (Fsp3) is 0.500. The smallest absolute Gasteiger partial charge is 0.283 e. The highest BCUT2D eigenvalue weighted by Gasteiger charge is 2.45. The summed E-state index contributed by atoms with van der Waals surface area (Å²) in [4.78, 5) is 12.3. The van der Waals surface area contributed by atoms with E-state index < -0.39 is 38.9 Å². The molecule has 0 spiro atoms. The van der Waals surface area contributed by atoms with Crippen LogP contribution in [0.4, 0.5) is 4.39 Å². The quantitative estimate of drug-likeness (QED) is 0.406. The lowest BCUT2D eigenvalue weighted by Crippen LogP contribution is -2.64. The summed E-state index contributed by atoms with van der Waals surface area (Å²) in [6.45, 7) is -0.650. The summed E-state index contributed by atoms with van der Waals surface area (Å²) in [6.07, 6.45) is 2.11. The Labute approximate surface area is 187 Å². The molecule has 1 fully saturated rings. The molecule has 178 valence electrons. The molecule has 0 bridgehead atoms. The third-order valence-corrected chi connectivity index (χ3v) is 9.43. The van der Waals surface area contributed by atoms with Crippen molar-refractivity contribution >= 4 is 31.9 Å². The van der Waals surface area contributed by atoms with Crippen molar-refractivity contribution in [2.75, 3.05) is 46.8 Å². The lowest BCUT2D eigenvalue weighted by molar-refractivity contribution is -0.134. The van der Waals surface area contributed by atoms with Gasteiger partial charge in [-0.15, -0.1) is 0 Å². The summed E-state index contributed by atoms with van der Waals surface area (Å²) in [5.74, 6) is -1.38. The summed E-state index contributed by atoms with van der Waals surface area (Å²) in [6, 6.07) is 4.47. The van der Waals surface area contributed by atoms with Gasteiger partial charge in [0, 0.05) is 46.8 Å². The molecule has 1 saturated heterocycles. The number of rotatable bonds is 6. The van der Waals surface area contributed by atoms with E-state index in [9.17, 15) is 26.0 Å². The topological polar surface area (TPSA) is 131 Å². The minimum absolute atomic E-state index is 0.0404. The van der Waals surface area contributed by atoms with Crippen LogP contribution in [0.2, 0.25) is 0 Å². The Morgan fingerprint density at radius 3 is 2.28 bits per heavy atom. The number of amides is 1. The number of benzene rings is 1. The van der Waals surface area contributed by atoms with E-state index in [-0.39, 0.29) is 32.0 Å². The largest absolute Gasteiger partial charge is 0.289 e. The van der Waals surface area contributed by atoms with Gasteiger partial charge < -0.3 is 0 Å². The number of hydrogen-bond acceptors (Lipinski definition) is 6. The summed E-state index contributed by atoms with van der Waals surface area (Å²) >= 11 is 0. The Balaban J connectivity index is 1.81. The zero-order chi connectivity index (χ0) is 23.7. The van der Waals surface area contributed by atoms with E-state index in [2.05, 4.69) is 0 Å². The molecule has 1 atom stereocenters. The van der Waals surface area contributed by atoms with Crippen molar-refractivity contribution in [2.24, 2.45) is 0 Å². The minimum atomic E-state index is -4.14. The Morgan fingerprint density at radius 1 is 1.09 bits per heavy atom. The molecule has 0 aliphatic carbocycles. The fourth-order valence-electron chi connectivity index (χ4n) is 3.68. The van der Waals surface area contributed by atoms with E-state index in [1.54, 1.807) is 18.2 Å². The number of carbonyl (C=O) groups excluding carboxylic acids is 1. The van der Waals surface area contributed by atoms with Gasteiger partial charge in [-0.25, -0.2) is 9.87 Å². The first-order valence-corrected chi connectivity index (χ1v) is 12.6. The van der Waals surface area contributed by atoms with Crippen molar-refractivity contribution < 1.29 is 31.2 Å². The molecule has 2 heterocycles. The van der Waals surface area contributed by atoms with Crippen LogP contribution < -0.4 is 5.48 Å². The van der Waals surface area contributed by atoms with Crippen LogP contribution in [0, 0.1) is 5.82 Å². The van der Waals surface area contributed by atoms with E-state index in [1.807, 2.05) is 0 Å². The van der Waals surface area contributed by atoms with E-state index in [0.717, 1.165) is 24.1 Å². The number of nitrogens with one attached hydrogen (secondary N) is 1. The van der Waals surface area contributed by atoms with Gasteiger partial charge >= 0.3 is 0 Å². The van der Waals surface area contributed by atoms with Gasteiger partial charge in [0.25, 0.3) is 26.3 Å². The molecule has 2 N–H and O–H groups in total. The molecule has 0 aromatic heterocycles. The molecule has 2 aliphatic heterocycles. The van der Waals surface area contributed by atoms with Crippen LogP contribution in [0.25, 0.3) is 5.57 Å². The Morgan fingerprint density at radius 2 is 1.75 bits per heavy atom. The highest BCUT2D eigenvalue weighted by atomic mass is 32.2. The van der Waals surface area contributed by atoms with E-state index in [0.29, 0.717) is 6.42 Å². The SMILES string of the molecule is CN(C)S(=O)(=O)N1CCN(S(=O)(=O)N2CC=C(c3ccc(F)cc3)CC2)[C@@H](C(=O)NO)C1. The van der Waals surface area contributed by atoms with Gasteiger partial charge in [0.15, 0.2) is 0 Å². The van der Waals surface area contributed by atoms with Gasteiger partial charge in [-0.1, -0.05) is 18.2 Å². The van der Waals surface area contributed by atoms with Crippen LogP contribution in [0.1, 0.15) is 12.0 Å². The lowest BCUT2D eigenvalue weighted by atomic mass is 10.0. The van der Waals surface area contributed by atoms with Crippen LogP contribution in [-0.2, 0) is 25.2 Å². The first-order chi connectivity index (χ1) is 15.0.